The average Bonchev–Trinajstić information content (AvgIpc) is 2.16. The number of aromatic nitrogens is 1. The molecule has 0 saturated heterocycles. The number of hydrogen-bond donors (Lipinski definition) is 2. The summed E-state index contributed by atoms with van der Waals surface area (Å²) in [6.45, 7) is 0. The fourth-order valence-electron chi connectivity index (χ4n) is 1.35. The van der Waals surface area contributed by atoms with E-state index >= 15 is 0 Å². The topological polar surface area (TPSA) is 76.2 Å². The lowest BCUT2D eigenvalue weighted by atomic mass is 10.1. The Morgan fingerprint density at radius 2 is 2.20 bits per heavy atom. The van der Waals surface area contributed by atoms with Crippen molar-refractivity contribution in [3.63, 3.8) is 0 Å². The number of benzene rings is 1. The van der Waals surface area contributed by atoms with Gasteiger partial charge in [-0.1, -0.05) is 22.0 Å². The van der Waals surface area contributed by atoms with Crippen molar-refractivity contribution in [1.82, 2.24) is 4.98 Å². The van der Waals surface area contributed by atoms with Gasteiger partial charge in [-0.15, -0.1) is 0 Å². The standard InChI is InChI=1S/C10H7BrN2O2/c11-7-2-1-3-8-5(7)4-6(10(14)15)9(12)13-8/h1-4H,(H2,12,13)(H,14,15). The van der Waals surface area contributed by atoms with Gasteiger partial charge in [0.1, 0.15) is 11.4 Å². The monoisotopic (exact) mass is 266 g/mol. The van der Waals surface area contributed by atoms with Crippen LogP contribution in [0.25, 0.3) is 10.9 Å². The van der Waals surface area contributed by atoms with Crippen LogP contribution in [0.1, 0.15) is 10.4 Å². The molecule has 1 heterocycles. The number of aromatic carboxylic acids is 1. The minimum atomic E-state index is -1.07. The summed E-state index contributed by atoms with van der Waals surface area (Å²) in [5.41, 5.74) is 6.23. The molecule has 0 spiro atoms. The van der Waals surface area contributed by atoms with Crippen LogP contribution in [0, 0.1) is 0 Å². The Labute approximate surface area is 93.9 Å². The van der Waals surface area contributed by atoms with E-state index in [0.29, 0.717) is 5.52 Å². The number of halogens is 1. The molecule has 15 heavy (non-hydrogen) atoms. The highest BCUT2D eigenvalue weighted by molar-refractivity contribution is 9.10. The summed E-state index contributed by atoms with van der Waals surface area (Å²) in [7, 11) is 0. The fraction of sp³-hybridized carbons (Fsp3) is 0. The van der Waals surface area contributed by atoms with Gasteiger partial charge in [-0.2, -0.15) is 0 Å². The molecular formula is C10H7BrN2O2. The maximum atomic E-state index is 10.8. The third-order valence-corrected chi connectivity index (χ3v) is 2.76. The van der Waals surface area contributed by atoms with Gasteiger partial charge in [0, 0.05) is 9.86 Å². The van der Waals surface area contributed by atoms with Gasteiger partial charge in [-0.05, 0) is 18.2 Å². The number of nitrogen functional groups attached to an aromatic ring is 1. The molecule has 2 aromatic rings. The third-order valence-electron chi connectivity index (χ3n) is 2.07. The summed E-state index contributed by atoms with van der Waals surface area (Å²) in [6.07, 6.45) is 0. The molecule has 0 bridgehead atoms. The van der Waals surface area contributed by atoms with Gasteiger partial charge in [0.25, 0.3) is 0 Å². The number of carboxylic acid groups (broad SMARTS) is 1. The predicted octanol–water partition coefficient (Wildman–Crippen LogP) is 2.28. The number of hydrogen-bond acceptors (Lipinski definition) is 3. The Morgan fingerprint density at radius 1 is 1.47 bits per heavy atom. The quantitative estimate of drug-likeness (QED) is 0.831. The summed E-state index contributed by atoms with van der Waals surface area (Å²) in [4.78, 5) is 14.9. The minimum Gasteiger partial charge on any atom is -0.478 e. The van der Waals surface area contributed by atoms with E-state index in [1.54, 1.807) is 6.07 Å². The smallest absolute Gasteiger partial charge is 0.339 e. The zero-order valence-electron chi connectivity index (χ0n) is 7.57. The predicted molar refractivity (Wildman–Crippen MR) is 60.8 cm³/mol. The summed E-state index contributed by atoms with van der Waals surface area (Å²) in [5, 5.41) is 9.62. The molecule has 76 valence electrons. The van der Waals surface area contributed by atoms with Crippen molar-refractivity contribution >= 4 is 38.6 Å². The van der Waals surface area contributed by atoms with Crippen LogP contribution in [0.4, 0.5) is 5.82 Å². The molecular weight excluding hydrogens is 260 g/mol. The number of nitrogens with two attached hydrogens (primary N) is 1. The molecule has 0 fully saturated rings. The summed E-state index contributed by atoms with van der Waals surface area (Å²) < 4.78 is 0.801. The largest absolute Gasteiger partial charge is 0.478 e. The number of carbonyl (C=O) groups is 1. The van der Waals surface area contributed by atoms with Gasteiger partial charge in [0.05, 0.1) is 5.52 Å². The maximum Gasteiger partial charge on any atom is 0.339 e. The van der Waals surface area contributed by atoms with Gasteiger partial charge in [-0.25, -0.2) is 9.78 Å². The lowest BCUT2D eigenvalue weighted by Crippen LogP contribution is -2.04. The molecule has 4 nitrogen and oxygen atoms in total. The van der Waals surface area contributed by atoms with E-state index in [2.05, 4.69) is 20.9 Å². The lowest BCUT2D eigenvalue weighted by Gasteiger charge is -2.04. The first-order chi connectivity index (χ1) is 7.09. The van der Waals surface area contributed by atoms with Gasteiger partial charge < -0.3 is 10.8 Å². The number of fused-ring (bicyclic) bond motifs is 1. The number of pyridine rings is 1. The molecule has 0 aliphatic carbocycles. The SMILES string of the molecule is Nc1nc2cccc(Br)c2cc1C(=O)O. The highest BCUT2D eigenvalue weighted by Gasteiger charge is 2.11. The van der Waals surface area contributed by atoms with Crippen molar-refractivity contribution < 1.29 is 9.90 Å². The van der Waals surface area contributed by atoms with E-state index in [0.717, 1.165) is 9.86 Å². The summed E-state index contributed by atoms with van der Waals surface area (Å²) >= 11 is 3.33. The Bertz CT molecular complexity index is 554. The van der Waals surface area contributed by atoms with Crippen LogP contribution in [0.15, 0.2) is 28.7 Å². The second kappa shape index (κ2) is 3.51. The first-order valence-corrected chi connectivity index (χ1v) is 4.97. The summed E-state index contributed by atoms with van der Waals surface area (Å²) in [6, 6.07) is 6.94. The van der Waals surface area contributed by atoms with Crippen LogP contribution in [0.3, 0.4) is 0 Å². The van der Waals surface area contributed by atoms with Crippen LogP contribution in [0.5, 0.6) is 0 Å². The highest BCUT2D eigenvalue weighted by Crippen LogP contribution is 2.25. The van der Waals surface area contributed by atoms with Gasteiger partial charge in [0.15, 0.2) is 0 Å². The van der Waals surface area contributed by atoms with E-state index in [-0.39, 0.29) is 11.4 Å². The Hall–Kier alpha value is -1.62. The van der Waals surface area contributed by atoms with Gasteiger partial charge in [-0.3, -0.25) is 0 Å². The van der Waals surface area contributed by atoms with Crippen molar-refractivity contribution in [2.45, 2.75) is 0 Å². The van der Waals surface area contributed by atoms with E-state index in [1.165, 1.54) is 6.07 Å². The second-order valence-corrected chi connectivity index (χ2v) is 3.89. The van der Waals surface area contributed by atoms with Crippen molar-refractivity contribution in [2.24, 2.45) is 0 Å². The van der Waals surface area contributed by atoms with E-state index in [1.807, 2.05) is 12.1 Å². The van der Waals surface area contributed by atoms with E-state index < -0.39 is 5.97 Å². The van der Waals surface area contributed by atoms with Crippen LogP contribution in [-0.2, 0) is 0 Å². The first kappa shape index (κ1) is 9.92. The van der Waals surface area contributed by atoms with E-state index in [9.17, 15) is 4.79 Å². The Balaban J connectivity index is 2.83. The van der Waals surface area contributed by atoms with Crippen molar-refractivity contribution in [2.75, 3.05) is 5.73 Å². The average molecular weight is 267 g/mol. The van der Waals surface area contributed by atoms with Crippen LogP contribution < -0.4 is 5.73 Å². The molecule has 0 radical (unpaired) electrons. The molecule has 3 N–H and O–H groups in total. The van der Waals surface area contributed by atoms with Crippen molar-refractivity contribution in [3.05, 3.63) is 34.3 Å². The maximum absolute atomic E-state index is 10.8. The molecule has 0 saturated carbocycles. The number of nitrogens with zero attached hydrogens (tertiary/aromatic N) is 1. The van der Waals surface area contributed by atoms with Crippen LogP contribution in [-0.4, -0.2) is 16.1 Å². The summed E-state index contributed by atoms with van der Waals surface area (Å²) in [5.74, 6) is -1.04. The Morgan fingerprint density at radius 3 is 2.87 bits per heavy atom. The van der Waals surface area contributed by atoms with Crippen molar-refractivity contribution in [1.29, 1.82) is 0 Å². The first-order valence-electron chi connectivity index (χ1n) is 4.17. The van der Waals surface area contributed by atoms with Crippen LogP contribution >= 0.6 is 15.9 Å². The highest BCUT2D eigenvalue weighted by atomic mass is 79.9. The fourth-order valence-corrected chi connectivity index (χ4v) is 1.82. The molecule has 0 amide bonds. The molecule has 0 unspecified atom stereocenters. The zero-order chi connectivity index (χ0) is 11.0. The zero-order valence-corrected chi connectivity index (χ0v) is 9.15. The number of carboxylic acids is 1. The number of anilines is 1. The molecule has 5 heteroatoms. The van der Waals surface area contributed by atoms with E-state index in [4.69, 9.17) is 10.8 Å². The molecule has 0 atom stereocenters. The van der Waals surface area contributed by atoms with Crippen molar-refractivity contribution in [3.8, 4) is 0 Å². The lowest BCUT2D eigenvalue weighted by molar-refractivity contribution is 0.0698. The molecule has 1 aromatic carbocycles. The van der Waals surface area contributed by atoms with Gasteiger partial charge in [0.2, 0.25) is 0 Å². The minimum absolute atomic E-state index is 0.0226. The van der Waals surface area contributed by atoms with Gasteiger partial charge >= 0.3 is 5.97 Å². The second-order valence-electron chi connectivity index (χ2n) is 3.03. The molecule has 1 aromatic heterocycles. The Kier molecular flexibility index (Phi) is 2.32. The number of rotatable bonds is 1. The molecule has 0 aliphatic heterocycles. The van der Waals surface area contributed by atoms with Crippen LogP contribution in [0.2, 0.25) is 0 Å². The third kappa shape index (κ3) is 1.66. The molecule has 2 rings (SSSR count). The molecule has 0 aliphatic rings. The normalized spacial score (nSPS) is 10.5.